The first-order valence-corrected chi connectivity index (χ1v) is 9.46. The Morgan fingerprint density at radius 3 is 2.83 bits per heavy atom. The van der Waals surface area contributed by atoms with Crippen molar-refractivity contribution < 1.29 is 9.18 Å². The smallest absolute Gasteiger partial charge is 0.221 e. The highest BCUT2D eigenvalue weighted by Crippen LogP contribution is 2.29. The van der Waals surface area contributed by atoms with Gasteiger partial charge in [0.2, 0.25) is 5.91 Å². The summed E-state index contributed by atoms with van der Waals surface area (Å²) in [6.45, 7) is 2.34. The van der Waals surface area contributed by atoms with E-state index < -0.39 is 0 Å². The highest BCUT2D eigenvalue weighted by Gasteiger charge is 2.22. The fraction of sp³-hybridized carbons (Fsp3) is 0.174. The Hall–Kier alpha value is -3.54. The van der Waals surface area contributed by atoms with Gasteiger partial charge in [0, 0.05) is 30.9 Å². The van der Waals surface area contributed by atoms with Gasteiger partial charge >= 0.3 is 0 Å². The molecule has 146 valence electrons. The maximum absolute atomic E-state index is 13.9. The van der Waals surface area contributed by atoms with Crippen LogP contribution < -0.4 is 5.32 Å². The summed E-state index contributed by atoms with van der Waals surface area (Å²) in [4.78, 5) is 21.5. The van der Waals surface area contributed by atoms with E-state index in [-0.39, 0.29) is 24.1 Å². The number of pyridine rings is 2. The molecule has 4 aromatic rings. The minimum atomic E-state index is -0.328. The van der Waals surface area contributed by atoms with Crippen molar-refractivity contribution in [3.8, 4) is 0 Å². The summed E-state index contributed by atoms with van der Waals surface area (Å²) in [5.41, 5.74) is 4.24. The predicted molar refractivity (Wildman–Crippen MR) is 109 cm³/mol. The molecule has 0 radical (unpaired) electrons. The molecule has 1 atom stereocenters. The van der Waals surface area contributed by atoms with Crippen LogP contribution in [0.3, 0.4) is 0 Å². The second kappa shape index (κ2) is 8.22. The summed E-state index contributed by atoms with van der Waals surface area (Å²) in [6, 6.07) is 15.9. The number of nitrogens with zero attached hydrogens (tertiary/aromatic N) is 3. The summed E-state index contributed by atoms with van der Waals surface area (Å²) in [5, 5.41) is 2.91. The quantitative estimate of drug-likeness (QED) is 0.543. The van der Waals surface area contributed by atoms with Gasteiger partial charge in [-0.05, 0) is 48.4 Å². The van der Waals surface area contributed by atoms with Crippen LogP contribution in [0.2, 0.25) is 0 Å². The molecule has 0 aliphatic heterocycles. The van der Waals surface area contributed by atoms with Gasteiger partial charge in [-0.15, -0.1) is 0 Å². The average molecular weight is 388 g/mol. The Morgan fingerprint density at radius 2 is 2.03 bits per heavy atom. The lowest BCUT2D eigenvalue weighted by Gasteiger charge is -2.17. The van der Waals surface area contributed by atoms with Crippen molar-refractivity contribution in [2.45, 2.75) is 25.8 Å². The molecule has 0 saturated heterocycles. The molecule has 0 saturated carbocycles. The Morgan fingerprint density at radius 1 is 1.14 bits per heavy atom. The van der Waals surface area contributed by atoms with Crippen molar-refractivity contribution in [2.24, 2.45) is 0 Å². The number of rotatable bonds is 6. The van der Waals surface area contributed by atoms with Crippen LogP contribution in [0.15, 0.2) is 73.2 Å². The third-order valence-electron chi connectivity index (χ3n) is 4.95. The Balaban J connectivity index is 1.64. The van der Waals surface area contributed by atoms with E-state index in [1.807, 2.05) is 53.9 Å². The highest BCUT2D eigenvalue weighted by molar-refractivity contribution is 5.77. The molecule has 1 N–H and O–H groups in total. The maximum Gasteiger partial charge on any atom is 0.221 e. The van der Waals surface area contributed by atoms with Crippen LogP contribution >= 0.6 is 0 Å². The van der Waals surface area contributed by atoms with Crippen LogP contribution in [0.4, 0.5) is 4.39 Å². The van der Waals surface area contributed by atoms with Crippen molar-refractivity contribution in [3.05, 3.63) is 102 Å². The lowest BCUT2D eigenvalue weighted by molar-refractivity contribution is -0.121. The van der Waals surface area contributed by atoms with Crippen LogP contribution in [-0.4, -0.2) is 20.3 Å². The lowest BCUT2D eigenvalue weighted by Crippen LogP contribution is -2.25. The van der Waals surface area contributed by atoms with Gasteiger partial charge < -0.3 is 9.72 Å². The zero-order chi connectivity index (χ0) is 20.2. The molecular weight excluding hydrogens is 367 g/mol. The normalized spacial score (nSPS) is 12.1. The summed E-state index contributed by atoms with van der Waals surface area (Å²) >= 11 is 0. The third kappa shape index (κ3) is 4.16. The number of hydrogen-bond donors (Lipinski definition) is 1. The fourth-order valence-corrected chi connectivity index (χ4v) is 3.49. The maximum atomic E-state index is 13.9. The van der Waals surface area contributed by atoms with E-state index in [1.54, 1.807) is 18.5 Å². The Labute approximate surface area is 168 Å². The highest BCUT2D eigenvalue weighted by atomic mass is 19.1. The van der Waals surface area contributed by atoms with Crippen LogP contribution in [0, 0.1) is 12.7 Å². The first-order chi connectivity index (χ1) is 14.1. The number of carbonyl (C=O) groups excluding carboxylic acids is 1. The Kier molecular flexibility index (Phi) is 5.33. The molecule has 0 bridgehead atoms. The number of halogens is 1. The molecule has 0 fully saturated rings. The van der Waals surface area contributed by atoms with Gasteiger partial charge in [-0.3, -0.25) is 9.78 Å². The molecule has 0 aliphatic rings. The molecule has 1 unspecified atom stereocenters. The number of amides is 1. The molecule has 3 heterocycles. The lowest BCUT2D eigenvalue weighted by atomic mass is 9.92. The molecule has 0 aliphatic carbocycles. The number of aryl methyl sites for hydroxylation is 1. The number of carbonyl (C=O) groups is 1. The summed E-state index contributed by atoms with van der Waals surface area (Å²) in [6.07, 6.45) is 5.56. The zero-order valence-corrected chi connectivity index (χ0v) is 16.0. The van der Waals surface area contributed by atoms with E-state index in [1.165, 1.54) is 12.1 Å². The van der Waals surface area contributed by atoms with Gasteiger partial charge in [0.05, 0.1) is 17.9 Å². The minimum absolute atomic E-state index is 0.132. The second-order valence-electron chi connectivity index (χ2n) is 6.98. The van der Waals surface area contributed by atoms with Crippen molar-refractivity contribution >= 4 is 11.6 Å². The van der Waals surface area contributed by atoms with Gasteiger partial charge in [-0.2, -0.15) is 0 Å². The summed E-state index contributed by atoms with van der Waals surface area (Å²) in [7, 11) is 0. The SMILES string of the molecule is Cc1cccn2c(C(CC(=O)NCc3ccccn3)c3cccc(F)c3)cnc12. The standard InChI is InChI=1S/C23H21FN4O/c1-16-6-5-11-28-21(15-27-23(16)28)20(17-7-4-8-18(24)12-17)13-22(29)26-14-19-9-2-3-10-25-19/h2-12,15,20H,13-14H2,1H3,(H,26,29). The van der Waals surface area contributed by atoms with Gasteiger partial charge in [0.1, 0.15) is 11.5 Å². The summed E-state index contributed by atoms with van der Waals surface area (Å²) < 4.78 is 15.9. The predicted octanol–water partition coefficient (Wildman–Crippen LogP) is 4.02. The van der Waals surface area contributed by atoms with Crippen LogP contribution in [0.25, 0.3) is 5.65 Å². The Bertz CT molecular complexity index is 1140. The monoisotopic (exact) mass is 388 g/mol. The van der Waals surface area contributed by atoms with Crippen molar-refractivity contribution in [1.29, 1.82) is 0 Å². The fourth-order valence-electron chi connectivity index (χ4n) is 3.49. The molecule has 3 aromatic heterocycles. The number of fused-ring (bicyclic) bond motifs is 1. The largest absolute Gasteiger partial charge is 0.350 e. The van der Waals surface area contributed by atoms with Gasteiger partial charge in [0.15, 0.2) is 0 Å². The average Bonchev–Trinajstić information content (AvgIpc) is 3.16. The van der Waals surface area contributed by atoms with E-state index in [0.29, 0.717) is 6.54 Å². The topological polar surface area (TPSA) is 59.3 Å². The van der Waals surface area contributed by atoms with E-state index in [2.05, 4.69) is 15.3 Å². The number of hydrogen-bond acceptors (Lipinski definition) is 3. The van der Waals surface area contributed by atoms with Crippen molar-refractivity contribution in [3.63, 3.8) is 0 Å². The number of aromatic nitrogens is 3. The van der Waals surface area contributed by atoms with Gasteiger partial charge in [-0.1, -0.05) is 24.3 Å². The number of imidazole rings is 1. The summed E-state index contributed by atoms with van der Waals surface area (Å²) in [5.74, 6) is -0.787. The molecule has 6 heteroatoms. The van der Waals surface area contributed by atoms with Crippen molar-refractivity contribution in [2.75, 3.05) is 0 Å². The number of nitrogens with one attached hydrogen (secondary N) is 1. The molecular formula is C23H21FN4O. The van der Waals surface area contributed by atoms with E-state index in [9.17, 15) is 9.18 Å². The number of benzene rings is 1. The van der Waals surface area contributed by atoms with Crippen LogP contribution in [0.5, 0.6) is 0 Å². The molecule has 1 aromatic carbocycles. The van der Waals surface area contributed by atoms with E-state index >= 15 is 0 Å². The molecule has 1 amide bonds. The minimum Gasteiger partial charge on any atom is -0.350 e. The molecule has 4 rings (SSSR count). The first kappa shape index (κ1) is 18.8. The van der Waals surface area contributed by atoms with Crippen molar-refractivity contribution in [1.82, 2.24) is 19.7 Å². The zero-order valence-electron chi connectivity index (χ0n) is 16.0. The van der Waals surface area contributed by atoms with Crippen LogP contribution in [-0.2, 0) is 11.3 Å². The van der Waals surface area contributed by atoms with Gasteiger partial charge in [0.25, 0.3) is 0 Å². The first-order valence-electron chi connectivity index (χ1n) is 9.46. The molecule has 5 nitrogen and oxygen atoms in total. The van der Waals surface area contributed by atoms with E-state index in [0.717, 1.165) is 28.2 Å². The van der Waals surface area contributed by atoms with Crippen LogP contribution in [0.1, 0.15) is 34.9 Å². The molecule has 29 heavy (non-hydrogen) atoms. The third-order valence-corrected chi connectivity index (χ3v) is 4.95. The second-order valence-corrected chi connectivity index (χ2v) is 6.98. The van der Waals surface area contributed by atoms with E-state index in [4.69, 9.17) is 0 Å². The molecule has 0 spiro atoms. The van der Waals surface area contributed by atoms with Gasteiger partial charge in [-0.25, -0.2) is 9.37 Å².